The van der Waals surface area contributed by atoms with Gasteiger partial charge in [0.2, 0.25) is 0 Å². The zero-order valence-electron chi connectivity index (χ0n) is 12.3. The lowest BCUT2D eigenvalue weighted by molar-refractivity contribution is 0.0111. The molecule has 2 unspecified atom stereocenters. The Morgan fingerprint density at radius 3 is 2.84 bits per heavy atom. The molecule has 0 amide bonds. The molecule has 19 heavy (non-hydrogen) atoms. The number of aryl methyl sites for hydroxylation is 1. The Kier molecular flexibility index (Phi) is 4.61. The summed E-state index contributed by atoms with van der Waals surface area (Å²) in [5.41, 5.74) is 5.91. The van der Waals surface area contributed by atoms with Gasteiger partial charge in [-0.3, -0.25) is 11.3 Å². The minimum atomic E-state index is -0.0762. The van der Waals surface area contributed by atoms with E-state index in [0.717, 1.165) is 12.8 Å². The van der Waals surface area contributed by atoms with Crippen LogP contribution in [0.5, 0.6) is 0 Å². The van der Waals surface area contributed by atoms with Crippen molar-refractivity contribution < 1.29 is 4.74 Å². The van der Waals surface area contributed by atoms with Crippen molar-refractivity contribution in [2.24, 2.45) is 5.84 Å². The molecule has 3 nitrogen and oxygen atoms in total. The van der Waals surface area contributed by atoms with Crippen molar-refractivity contribution in [3.8, 4) is 0 Å². The number of nitrogens with one attached hydrogen (secondary N) is 1. The highest BCUT2D eigenvalue weighted by molar-refractivity contribution is 5.35. The van der Waals surface area contributed by atoms with Crippen molar-refractivity contribution >= 4 is 0 Å². The second-order valence-electron chi connectivity index (χ2n) is 6.12. The monoisotopic (exact) mass is 262 g/mol. The maximum atomic E-state index is 5.79. The molecular weight excluding hydrogens is 236 g/mol. The van der Waals surface area contributed by atoms with Gasteiger partial charge in [0.05, 0.1) is 5.60 Å². The number of hydrazine groups is 1. The predicted octanol–water partition coefficient (Wildman–Crippen LogP) is 2.75. The standard InChI is InChI=1S/C16H26N2O/c1-16(2,19-3)11-10-15(18-17)14-9-8-12-6-4-5-7-13(12)14/h4-7,14-15,18H,8-11,17H2,1-3H3. The summed E-state index contributed by atoms with van der Waals surface area (Å²) in [4.78, 5) is 0. The Balaban J connectivity index is 2.04. The van der Waals surface area contributed by atoms with Gasteiger partial charge in [-0.2, -0.15) is 0 Å². The van der Waals surface area contributed by atoms with Gasteiger partial charge in [-0.05, 0) is 50.7 Å². The number of hydrogen-bond donors (Lipinski definition) is 2. The van der Waals surface area contributed by atoms with Gasteiger partial charge in [0.25, 0.3) is 0 Å². The zero-order valence-corrected chi connectivity index (χ0v) is 12.3. The van der Waals surface area contributed by atoms with Gasteiger partial charge in [-0.15, -0.1) is 0 Å². The van der Waals surface area contributed by atoms with Crippen LogP contribution in [0.3, 0.4) is 0 Å². The van der Waals surface area contributed by atoms with E-state index in [1.54, 1.807) is 7.11 Å². The van der Waals surface area contributed by atoms with E-state index in [1.807, 2.05) is 0 Å². The first-order valence-corrected chi connectivity index (χ1v) is 7.16. The molecule has 2 atom stereocenters. The molecule has 0 fully saturated rings. The Labute approximate surface area is 116 Å². The fourth-order valence-electron chi connectivity index (χ4n) is 3.01. The Morgan fingerprint density at radius 2 is 2.16 bits per heavy atom. The number of fused-ring (bicyclic) bond motifs is 1. The molecule has 0 spiro atoms. The molecule has 1 aromatic rings. The van der Waals surface area contributed by atoms with Crippen LogP contribution in [-0.4, -0.2) is 18.8 Å². The van der Waals surface area contributed by atoms with Crippen LogP contribution in [0.15, 0.2) is 24.3 Å². The number of ether oxygens (including phenoxy) is 1. The van der Waals surface area contributed by atoms with E-state index < -0.39 is 0 Å². The molecule has 0 radical (unpaired) electrons. The van der Waals surface area contributed by atoms with E-state index in [9.17, 15) is 0 Å². The van der Waals surface area contributed by atoms with Crippen molar-refractivity contribution in [2.75, 3.05) is 7.11 Å². The van der Waals surface area contributed by atoms with Gasteiger partial charge in [0, 0.05) is 19.1 Å². The zero-order chi connectivity index (χ0) is 13.9. The average Bonchev–Trinajstić information content (AvgIpc) is 2.84. The second-order valence-corrected chi connectivity index (χ2v) is 6.12. The quantitative estimate of drug-likeness (QED) is 0.612. The molecule has 106 valence electrons. The first kappa shape index (κ1) is 14.5. The minimum Gasteiger partial charge on any atom is -0.379 e. The number of hydrogen-bond acceptors (Lipinski definition) is 3. The first-order chi connectivity index (χ1) is 9.07. The lowest BCUT2D eigenvalue weighted by Gasteiger charge is -2.29. The summed E-state index contributed by atoms with van der Waals surface area (Å²) >= 11 is 0. The number of benzene rings is 1. The number of rotatable bonds is 6. The number of methoxy groups -OCH3 is 1. The molecule has 3 heteroatoms. The van der Waals surface area contributed by atoms with Gasteiger partial charge in [-0.25, -0.2) is 0 Å². The maximum Gasteiger partial charge on any atom is 0.0623 e. The molecule has 1 aliphatic rings. The van der Waals surface area contributed by atoms with Crippen molar-refractivity contribution in [2.45, 2.75) is 57.1 Å². The molecule has 0 aliphatic heterocycles. The van der Waals surface area contributed by atoms with E-state index in [-0.39, 0.29) is 5.60 Å². The van der Waals surface area contributed by atoms with E-state index >= 15 is 0 Å². The van der Waals surface area contributed by atoms with E-state index in [1.165, 1.54) is 24.0 Å². The van der Waals surface area contributed by atoms with Gasteiger partial charge >= 0.3 is 0 Å². The van der Waals surface area contributed by atoms with Crippen LogP contribution in [0.4, 0.5) is 0 Å². The Bertz CT molecular complexity index is 417. The summed E-state index contributed by atoms with van der Waals surface area (Å²) in [5, 5.41) is 0. The summed E-state index contributed by atoms with van der Waals surface area (Å²) in [6.45, 7) is 4.26. The van der Waals surface area contributed by atoms with Crippen LogP contribution >= 0.6 is 0 Å². The molecule has 2 rings (SSSR count). The van der Waals surface area contributed by atoms with Crippen LogP contribution in [0.1, 0.15) is 50.2 Å². The lowest BCUT2D eigenvalue weighted by Crippen LogP contribution is -2.40. The summed E-state index contributed by atoms with van der Waals surface area (Å²) in [6.07, 6.45) is 4.42. The normalized spacial score (nSPS) is 20.3. The van der Waals surface area contributed by atoms with Crippen LogP contribution < -0.4 is 11.3 Å². The van der Waals surface area contributed by atoms with Gasteiger partial charge in [0.1, 0.15) is 0 Å². The molecule has 0 heterocycles. The van der Waals surface area contributed by atoms with Crippen molar-refractivity contribution in [3.05, 3.63) is 35.4 Å². The molecule has 1 aliphatic carbocycles. The summed E-state index contributed by atoms with van der Waals surface area (Å²) in [6, 6.07) is 9.07. The Hall–Kier alpha value is -0.900. The van der Waals surface area contributed by atoms with Crippen LogP contribution in [0.2, 0.25) is 0 Å². The summed E-state index contributed by atoms with van der Waals surface area (Å²) in [5.74, 6) is 6.33. The van der Waals surface area contributed by atoms with Crippen molar-refractivity contribution in [1.29, 1.82) is 0 Å². The van der Waals surface area contributed by atoms with Crippen LogP contribution in [0.25, 0.3) is 0 Å². The fourth-order valence-corrected chi connectivity index (χ4v) is 3.01. The maximum absolute atomic E-state index is 5.79. The molecule has 0 saturated heterocycles. The highest BCUT2D eigenvalue weighted by Crippen LogP contribution is 2.37. The summed E-state index contributed by atoms with van der Waals surface area (Å²) in [7, 11) is 1.77. The predicted molar refractivity (Wildman–Crippen MR) is 78.9 cm³/mol. The minimum absolute atomic E-state index is 0.0762. The highest BCUT2D eigenvalue weighted by Gasteiger charge is 2.30. The van der Waals surface area contributed by atoms with Gasteiger partial charge in [0.15, 0.2) is 0 Å². The molecule has 3 N–H and O–H groups in total. The summed E-state index contributed by atoms with van der Waals surface area (Å²) < 4.78 is 5.50. The third kappa shape index (κ3) is 3.35. The molecule has 0 saturated carbocycles. The van der Waals surface area contributed by atoms with Crippen LogP contribution in [-0.2, 0) is 11.2 Å². The van der Waals surface area contributed by atoms with Crippen LogP contribution in [0, 0.1) is 0 Å². The largest absolute Gasteiger partial charge is 0.379 e. The SMILES string of the molecule is COC(C)(C)CCC(NN)C1CCc2ccccc21. The first-order valence-electron chi connectivity index (χ1n) is 7.16. The molecule has 0 bridgehead atoms. The van der Waals surface area contributed by atoms with Gasteiger partial charge < -0.3 is 4.74 Å². The topological polar surface area (TPSA) is 47.3 Å². The van der Waals surface area contributed by atoms with Crippen molar-refractivity contribution in [3.63, 3.8) is 0 Å². The fraction of sp³-hybridized carbons (Fsp3) is 0.625. The smallest absolute Gasteiger partial charge is 0.0623 e. The van der Waals surface area contributed by atoms with Crippen molar-refractivity contribution in [1.82, 2.24) is 5.43 Å². The Morgan fingerprint density at radius 1 is 1.42 bits per heavy atom. The highest BCUT2D eigenvalue weighted by atomic mass is 16.5. The van der Waals surface area contributed by atoms with E-state index in [0.29, 0.717) is 12.0 Å². The third-order valence-electron chi connectivity index (χ3n) is 4.49. The number of nitrogens with two attached hydrogens (primary N) is 1. The molecule has 0 aromatic heterocycles. The molecule has 1 aromatic carbocycles. The van der Waals surface area contributed by atoms with E-state index in [2.05, 4.69) is 43.5 Å². The lowest BCUT2D eigenvalue weighted by atomic mass is 9.88. The van der Waals surface area contributed by atoms with Gasteiger partial charge in [-0.1, -0.05) is 24.3 Å². The third-order valence-corrected chi connectivity index (χ3v) is 4.49. The average molecular weight is 262 g/mol. The molecular formula is C16H26N2O. The van der Waals surface area contributed by atoms with E-state index in [4.69, 9.17) is 10.6 Å². The second kappa shape index (κ2) is 6.04.